The third-order valence-electron chi connectivity index (χ3n) is 5.43. The number of ether oxygens (including phenoxy) is 2. The zero-order valence-electron chi connectivity index (χ0n) is 17.0. The molecular weight excluding hydrogens is 410 g/mol. The summed E-state index contributed by atoms with van der Waals surface area (Å²) in [5.41, 5.74) is 1.48. The van der Waals surface area contributed by atoms with Crippen LogP contribution in [0.4, 0.5) is 8.78 Å². The highest BCUT2D eigenvalue weighted by atomic mass is 19.2. The first kappa shape index (κ1) is 21.2. The zero-order chi connectivity index (χ0) is 21.8. The maximum atomic E-state index is 13.2. The predicted molar refractivity (Wildman–Crippen MR) is 105 cm³/mol. The lowest BCUT2D eigenvalue weighted by atomic mass is 10.2. The fraction of sp³-hybridized carbons (Fsp3) is 0.476. The average molecular weight is 434 g/mol. The second-order valence-electron chi connectivity index (χ2n) is 7.61. The normalized spacial score (nSPS) is 19.2. The number of carbonyl (C=O) groups excluding carboxylic acids is 2. The maximum absolute atomic E-state index is 13.2. The molecule has 1 aromatic heterocycles. The molecule has 2 amide bonds. The van der Waals surface area contributed by atoms with Crippen molar-refractivity contribution in [2.75, 3.05) is 39.4 Å². The van der Waals surface area contributed by atoms with Gasteiger partial charge in [0, 0.05) is 37.7 Å². The van der Waals surface area contributed by atoms with Crippen molar-refractivity contribution in [3.8, 4) is 5.75 Å². The summed E-state index contributed by atoms with van der Waals surface area (Å²) in [4.78, 5) is 27.7. The van der Waals surface area contributed by atoms with Gasteiger partial charge in [0.2, 0.25) is 11.8 Å². The third-order valence-corrected chi connectivity index (χ3v) is 5.43. The number of hydrogen-bond donors (Lipinski definition) is 1. The van der Waals surface area contributed by atoms with Crippen molar-refractivity contribution in [3.05, 3.63) is 47.3 Å². The molecule has 0 saturated carbocycles. The summed E-state index contributed by atoms with van der Waals surface area (Å²) in [6, 6.07) is 5.24. The lowest BCUT2D eigenvalue weighted by molar-refractivity contribution is -0.143. The number of nitrogens with zero attached hydrogens (tertiary/aromatic N) is 3. The number of carbonyl (C=O) groups is 2. The summed E-state index contributed by atoms with van der Waals surface area (Å²) in [6.07, 6.45) is 1.44. The minimum Gasteiger partial charge on any atom is -0.493 e. The van der Waals surface area contributed by atoms with Gasteiger partial charge in [-0.3, -0.25) is 14.7 Å². The number of rotatable bonds is 7. The Labute approximate surface area is 178 Å². The number of amides is 2. The Kier molecular flexibility index (Phi) is 6.45. The number of halogens is 2. The number of hydrogen-bond acceptors (Lipinski definition) is 5. The molecule has 2 aliphatic rings. The highest BCUT2D eigenvalue weighted by molar-refractivity contribution is 5.86. The Morgan fingerprint density at radius 2 is 2.13 bits per heavy atom. The molecule has 2 aliphatic heterocycles. The van der Waals surface area contributed by atoms with Gasteiger partial charge in [0.25, 0.3) is 0 Å². The van der Waals surface area contributed by atoms with Crippen molar-refractivity contribution in [2.45, 2.75) is 25.4 Å². The smallest absolute Gasteiger partial charge is 0.242 e. The third kappa shape index (κ3) is 5.19. The van der Waals surface area contributed by atoms with Gasteiger partial charge in [-0.25, -0.2) is 8.78 Å². The van der Waals surface area contributed by atoms with Crippen molar-refractivity contribution in [1.29, 1.82) is 0 Å². The van der Waals surface area contributed by atoms with E-state index in [0.717, 1.165) is 24.2 Å². The quantitative estimate of drug-likeness (QED) is 0.719. The first-order chi connectivity index (χ1) is 15.0. The number of morpholine rings is 1. The van der Waals surface area contributed by atoms with E-state index in [0.29, 0.717) is 44.8 Å². The van der Waals surface area contributed by atoms with E-state index in [9.17, 15) is 18.4 Å². The van der Waals surface area contributed by atoms with Gasteiger partial charge in [-0.05, 0) is 24.6 Å². The zero-order valence-corrected chi connectivity index (χ0v) is 17.0. The van der Waals surface area contributed by atoms with Gasteiger partial charge in [0.15, 0.2) is 11.6 Å². The SMILES string of the molecule is O=C1CCCN1CC(=O)N1CCOC(c2cc(CCOc3ccc(F)c(F)c3)[nH]n2)C1. The molecule has 1 aromatic carbocycles. The van der Waals surface area contributed by atoms with Gasteiger partial charge in [-0.15, -0.1) is 0 Å². The van der Waals surface area contributed by atoms with Gasteiger partial charge in [0.1, 0.15) is 11.9 Å². The van der Waals surface area contributed by atoms with Gasteiger partial charge >= 0.3 is 0 Å². The van der Waals surface area contributed by atoms with Crippen LogP contribution in [-0.2, 0) is 20.7 Å². The number of aromatic amines is 1. The Morgan fingerprint density at radius 3 is 2.90 bits per heavy atom. The second kappa shape index (κ2) is 9.42. The van der Waals surface area contributed by atoms with E-state index in [1.54, 1.807) is 9.80 Å². The van der Waals surface area contributed by atoms with Crippen molar-refractivity contribution in [3.63, 3.8) is 0 Å². The van der Waals surface area contributed by atoms with Gasteiger partial charge in [-0.2, -0.15) is 5.10 Å². The Morgan fingerprint density at radius 1 is 1.26 bits per heavy atom. The van der Waals surface area contributed by atoms with Crippen LogP contribution in [0.1, 0.15) is 30.3 Å². The maximum Gasteiger partial charge on any atom is 0.242 e. The van der Waals surface area contributed by atoms with Gasteiger partial charge < -0.3 is 19.3 Å². The Hall–Kier alpha value is -3.01. The molecule has 1 unspecified atom stereocenters. The number of nitrogens with one attached hydrogen (secondary N) is 1. The molecule has 31 heavy (non-hydrogen) atoms. The van der Waals surface area contributed by atoms with Crippen LogP contribution in [0, 0.1) is 11.6 Å². The molecule has 0 spiro atoms. The average Bonchev–Trinajstić information content (AvgIpc) is 3.40. The number of aromatic nitrogens is 2. The van der Waals surface area contributed by atoms with E-state index < -0.39 is 11.6 Å². The van der Waals surface area contributed by atoms with E-state index in [2.05, 4.69) is 10.2 Å². The summed E-state index contributed by atoms with van der Waals surface area (Å²) in [6.45, 7) is 2.25. The topological polar surface area (TPSA) is 87.8 Å². The van der Waals surface area contributed by atoms with Crippen molar-refractivity contribution >= 4 is 11.8 Å². The molecule has 1 atom stereocenters. The lowest BCUT2D eigenvalue weighted by Crippen LogP contribution is -2.47. The van der Waals surface area contributed by atoms with Crippen LogP contribution in [0.25, 0.3) is 0 Å². The molecule has 166 valence electrons. The van der Waals surface area contributed by atoms with E-state index in [1.807, 2.05) is 6.07 Å². The fourth-order valence-electron chi connectivity index (χ4n) is 3.71. The first-order valence-corrected chi connectivity index (χ1v) is 10.3. The van der Waals surface area contributed by atoms with Crippen LogP contribution in [0.2, 0.25) is 0 Å². The van der Waals surface area contributed by atoms with Crippen LogP contribution in [-0.4, -0.2) is 71.2 Å². The van der Waals surface area contributed by atoms with Gasteiger partial charge in [-0.1, -0.05) is 0 Å². The monoisotopic (exact) mass is 434 g/mol. The molecule has 2 aromatic rings. The number of likely N-dealkylation sites (tertiary alicyclic amines) is 1. The molecule has 4 rings (SSSR count). The minimum atomic E-state index is -0.955. The molecule has 8 nitrogen and oxygen atoms in total. The van der Waals surface area contributed by atoms with Crippen LogP contribution in [0.3, 0.4) is 0 Å². The van der Waals surface area contributed by atoms with E-state index in [4.69, 9.17) is 9.47 Å². The molecule has 0 aliphatic carbocycles. The summed E-state index contributed by atoms with van der Waals surface area (Å²) < 4.78 is 37.4. The van der Waals surface area contributed by atoms with Crippen LogP contribution >= 0.6 is 0 Å². The largest absolute Gasteiger partial charge is 0.493 e. The summed E-state index contributed by atoms with van der Waals surface area (Å²) >= 11 is 0. The minimum absolute atomic E-state index is 0.0284. The van der Waals surface area contributed by atoms with Crippen LogP contribution in [0.5, 0.6) is 5.75 Å². The van der Waals surface area contributed by atoms with Gasteiger partial charge in [0.05, 0.1) is 32.0 Å². The number of benzene rings is 1. The summed E-state index contributed by atoms with van der Waals surface area (Å²) in [5.74, 6) is -1.68. The van der Waals surface area contributed by atoms with Crippen molar-refractivity contribution < 1.29 is 27.8 Å². The molecule has 1 N–H and O–H groups in total. The molecule has 0 bridgehead atoms. The molecule has 0 radical (unpaired) electrons. The van der Waals surface area contributed by atoms with Crippen LogP contribution in [0.15, 0.2) is 24.3 Å². The lowest BCUT2D eigenvalue weighted by Gasteiger charge is -2.33. The first-order valence-electron chi connectivity index (χ1n) is 10.3. The highest BCUT2D eigenvalue weighted by Crippen LogP contribution is 2.22. The van der Waals surface area contributed by atoms with E-state index >= 15 is 0 Å². The predicted octanol–water partition coefficient (Wildman–Crippen LogP) is 1.83. The molecule has 2 fully saturated rings. The molecule has 10 heteroatoms. The molecule has 2 saturated heterocycles. The Bertz CT molecular complexity index is 951. The van der Waals surface area contributed by atoms with E-state index in [1.165, 1.54) is 6.07 Å². The fourth-order valence-corrected chi connectivity index (χ4v) is 3.71. The van der Waals surface area contributed by atoms with Crippen LogP contribution < -0.4 is 4.74 Å². The highest BCUT2D eigenvalue weighted by Gasteiger charge is 2.30. The summed E-state index contributed by atoms with van der Waals surface area (Å²) in [5, 5.41) is 7.20. The summed E-state index contributed by atoms with van der Waals surface area (Å²) in [7, 11) is 0. The Balaban J connectivity index is 1.28. The second-order valence-corrected chi connectivity index (χ2v) is 7.61. The molecular formula is C21H24F2N4O4. The standard InChI is InChI=1S/C21H24F2N4O4/c22-16-4-3-15(11-17(16)23)30-8-5-14-10-18(25-24-14)19-12-27(7-9-31-19)21(29)13-26-6-1-2-20(26)28/h3-4,10-11,19H,1-2,5-9,12-13H2,(H,24,25). The van der Waals surface area contributed by atoms with E-state index in [-0.39, 0.29) is 36.8 Å². The van der Waals surface area contributed by atoms with Crippen molar-refractivity contribution in [1.82, 2.24) is 20.0 Å². The van der Waals surface area contributed by atoms with Crippen molar-refractivity contribution in [2.24, 2.45) is 0 Å². The number of H-pyrrole nitrogens is 1. The molecule has 3 heterocycles.